The van der Waals surface area contributed by atoms with E-state index in [4.69, 9.17) is 16.3 Å². The molecular formula is C19H17ClN2O5. The second-order valence-corrected chi connectivity index (χ2v) is 5.72. The number of halogens is 1. The number of methoxy groups -OCH3 is 1. The molecule has 2 aromatic rings. The Kier molecular flexibility index (Phi) is 7.08. The van der Waals surface area contributed by atoms with Crippen LogP contribution in [0.2, 0.25) is 5.15 Å². The Balaban J connectivity index is 1.90. The molecule has 0 radical (unpaired) electrons. The lowest BCUT2D eigenvalue weighted by molar-refractivity contribution is -0.148. The summed E-state index contributed by atoms with van der Waals surface area (Å²) in [6.45, 7) is 1.44. The number of hydrogen-bond acceptors (Lipinski definition) is 6. The molecule has 0 aliphatic rings. The fourth-order valence-corrected chi connectivity index (χ4v) is 2.16. The summed E-state index contributed by atoms with van der Waals surface area (Å²) in [6.07, 6.45) is 3.16. The number of carbonyl (C=O) groups excluding carboxylic acids is 3. The molecule has 0 saturated carbocycles. The molecule has 0 bridgehead atoms. The van der Waals surface area contributed by atoms with E-state index >= 15 is 0 Å². The molecule has 1 unspecified atom stereocenters. The van der Waals surface area contributed by atoms with Gasteiger partial charge in [-0.3, -0.25) is 4.79 Å². The number of amides is 1. The highest BCUT2D eigenvalue weighted by Crippen LogP contribution is 2.17. The summed E-state index contributed by atoms with van der Waals surface area (Å²) < 4.78 is 9.66. The average molecular weight is 389 g/mol. The van der Waals surface area contributed by atoms with Gasteiger partial charge in [-0.1, -0.05) is 23.7 Å². The monoisotopic (exact) mass is 388 g/mol. The highest BCUT2D eigenvalue weighted by atomic mass is 35.5. The van der Waals surface area contributed by atoms with Gasteiger partial charge in [-0.15, -0.1) is 0 Å². The smallest absolute Gasteiger partial charge is 0.337 e. The molecule has 0 fully saturated rings. The van der Waals surface area contributed by atoms with Crippen molar-refractivity contribution in [2.45, 2.75) is 13.0 Å². The van der Waals surface area contributed by atoms with E-state index < -0.39 is 23.9 Å². The lowest BCUT2D eigenvalue weighted by atomic mass is 10.1. The highest BCUT2D eigenvalue weighted by Gasteiger charge is 2.17. The average Bonchev–Trinajstić information content (AvgIpc) is 2.67. The van der Waals surface area contributed by atoms with Gasteiger partial charge in [0.05, 0.1) is 18.4 Å². The summed E-state index contributed by atoms with van der Waals surface area (Å²) in [4.78, 5) is 39.1. The minimum atomic E-state index is -1.03. The molecule has 2 rings (SSSR count). The molecule has 1 aromatic carbocycles. The predicted octanol–water partition coefficient (Wildman–Crippen LogP) is 3.11. The normalized spacial score (nSPS) is 11.7. The van der Waals surface area contributed by atoms with Crippen LogP contribution in [0.5, 0.6) is 0 Å². The van der Waals surface area contributed by atoms with Crippen molar-refractivity contribution in [1.29, 1.82) is 0 Å². The Morgan fingerprint density at radius 3 is 2.52 bits per heavy atom. The van der Waals surface area contributed by atoms with E-state index in [0.717, 1.165) is 0 Å². The molecular weight excluding hydrogens is 372 g/mol. The third kappa shape index (κ3) is 5.93. The molecule has 7 nitrogen and oxygen atoms in total. The molecule has 8 heteroatoms. The van der Waals surface area contributed by atoms with Crippen molar-refractivity contribution < 1.29 is 23.9 Å². The maximum absolute atomic E-state index is 12.1. The molecule has 140 valence electrons. The van der Waals surface area contributed by atoms with Crippen LogP contribution in [-0.2, 0) is 19.1 Å². The van der Waals surface area contributed by atoms with Crippen molar-refractivity contribution >= 4 is 41.2 Å². The summed E-state index contributed by atoms with van der Waals surface area (Å²) >= 11 is 5.86. The van der Waals surface area contributed by atoms with Crippen molar-refractivity contribution in [3.63, 3.8) is 0 Å². The standard InChI is InChI=1S/C19H17ClN2O5/c1-12(18(24)22-15-4-3-11-21-17(15)20)27-16(23)10-7-13-5-8-14(9-6-13)19(25)26-2/h3-12H,1-2H3,(H,22,24). The highest BCUT2D eigenvalue weighted by molar-refractivity contribution is 6.32. The van der Waals surface area contributed by atoms with Crippen molar-refractivity contribution in [1.82, 2.24) is 4.98 Å². The number of esters is 2. The van der Waals surface area contributed by atoms with Crippen LogP contribution in [-0.4, -0.2) is 36.0 Å². The minimum absolute atomic E-state index is 0.139. The molecule has 0 saturated heterocycles. The molecule has 27 heavy (non-hydrogen) atoms. The molecule has 0 aliphatic heterocycles. The summed E-state index contributed by atoms with van der Waals surface area (Å²) in [6, 6.07) is 9.65. The number of hydrogen-bond donors (Lipinski definition) is 1. The van der Waals surface area contributed by atoms with E-state index in [1.54, 1.807) is 36.4 Å². The molecule has 1 amide bonds. The van der Waals surface area contributed by atoms with E-state index in [0.29, 0.717) is 16.8 Å². The van der Waals surface area contributed by atoms with Crippen molar-refractivity contribution in [3.8, 4) is 0 Å². The fourth-order valence-electron chi connectivity index (χ4n) is 1.99. The quantitative estimate of drug-likeness (QED) is 0.464. The van der Waals surface area contributed by atoms with Crippen molar-refractivity contribution in [3.05, 3.63) is 65.0 Å². The van der Waals surface area contributed by atoms with Gasteiger partial charge in [0, 0.05) is 12.3 Å². The van der Waals surface area contributed by atoms with Crippen LogP contribution in [0.25, 0.3) is 6.08 Å². The van der Waals surface area contributed by atoms with Gasteiger partial charge >= 0.3 is 11.9 Å². The second-order valence-electron chi connectivity index (χ2n) is 5.36. The number of carbonyl (C=O) groups is 3. The number of rotatable bonds is 6. The maximum Gasteiger partial charge on any atom is 0.337 e. The summed E-state index contributed by atoms with van der Waals surface area (Å²) in [5, 5.41) is 2.67. The van der Waals surface area contributed by atoms with Gasteiger partial charge in [0.25, 0.3) is 5.91 Å². The zero-order valence-corrected chi connectivity index (χ0v) is 15.4. The van der Waals surface area contributed by atoms with Gasteiger partial charge in [-0.05, 0) is 42.8 Å². The zero-order chi connectivity index (χ0) is 19.8. The number of anilines is 1. The number of aromatic nitrogens is 1. The molecule has 1 atom stereocenters. The lowest BCUT2D eigenvalue weighted by Crippen LogP contribution is -2.29. The van der Waals surface area contributed by atoms with Gasteiger partial charge in [0.15, 0.2) is 11.3 Å². The minimum Gasteiger partial charge on any atom is -0.465 e. The van der Waals surface area contributed by atoms with Crippen LogP contribution < -0.4 is 5.32 Å². The number of pyridine rings is 1. The first-order chi connectivity index (χ1) is 12.9. The number of benzene rings is 1. The van der Waals surface area contributed by atoms with Crippen LogP contribution in [0.4, 0.5) is 5.69 Å². The van der Waals surface area contributed by atoms with Gasteiger partial charge in [0.1, 0.15) is 0 Å². The molecule has 1 heterocycles. The Labute approximate surface area is 161 Å². The number of nitrogens with zero attached hydrogens (tertiary/aromatic N) is 1. The van der Waals surface area contributed by atoms with Crippen LogP contribution in [0.3, 0.4) is 0 Å². The Bertz CT molecular complexity index is 865. The Hall–Kier alpha value is -3.19. The van der Waals surface area contributed by atoms with E-state index in [9.17, 15) is 14.4 Å². The van der Waals surface area contributed by atoms with Gasteiger partial charge in [-0.2, -0.15) is 0 Å². The predicted molar refractivity (Wildman–Crippen MR) is 100 cm³/mol. The van der Waals surface area contributed by atoms with Crippen LogP contribution >= 0.6 is 11.6 Å². The third-order valence-electron chi connectivity index (χ3n) is 3.42. The second kappa shape index (κ2) is 9.49. The summed E-state index contributed by atoms with van der Waals surface area (Å²) in [5.74, 6) is -1.67. The van der Waals surface area contributed by atoms with Crippen molar-refractivity contribution in [2.24, 2.45) is 0 Å². The van der Waals surface area contributed by atoms with Gasteiger partial charge in [-0.25, -0.2) is 14.6 Å². The Morgan fingerprint density at radius 1 is 1.19 bits per heavy atom. The first-order valence-electron chi connectivity index (χ1n) is 7.89. The first kappa shape index (κ1) is 20.1. The van der Waals surface area contributed by atoms with Crippen molar-refractivity contribution in [2.75, 3.05) is 12.4 Å². The Morgan fingerprint density at radius 2 is 1.89 bits per heavy atom. The number of nitrogens with one attached hydrogen (secondary N) is 1. The summed E-state index contributed by atoms with van der Waals surface area (Å²) in [7, 11) is 1.30. The molecule has 1 aromatic heterocycles. The van der Waals surface area contributed by atoms with Crippen LogP contribution in [0.15, 0.2) is 48.7 Å². The van der Waals surface area contributed by atoms with Gasteiger partial charge in [0.2, 0.25) is 0 Å². The first-order valence-corrected chi connectivity index (χ1v) is 8.27. The largest absolute Gasteiger partial charge is 0.465 e. The van der Waals surface area contributed by atoms with Gasteiger partial charge < -0.3 is 14.8 Å². The maximum atomic E-state index is 12.1. The van der Waals surface area contributed by atoms with Crippen LogP contribution in [0, 0.1) is 0 Å². The summed E-state index contributed by atoms with van der Waals surface area (Å²) in [5.41, 5.74) is 1.41. The zero-order valence-electron chi connectivity index (χ0n) is 14.6. The SMILES string of the molecule is COC(=O)c1ccc(C=CC(=O)OC(C)C(=O)Nc2cccnc2Cl)cc1. The fraction of sp³-hybridized carbons (Fsp3) is 0.158. The van der Waals surface area contributed by atoms with E-state index in [1.807, 2.05) is 0 Å². The number of ether oxygens (including phenoxy) is 2. The molecule has 0 spiro atoms. The van der Waals surface area contributed by atoms with E-state index in [1.165, 1.54) is 32.4 Å². The van der Waals surface area contributed by atoms with Crippen LogP contribution in [0.1, 0.15) is 22.8 Å². The van der Waals surface area contributed by atoms with E-state index in [2.05, 4.69) is 15.0 Å². The van der Waals surface area contributed by atoms with E-state index in [-0.39, 0.29) is 5.15 Å². The lowest BCUT2D eigenvalue weighted by Gasteiger charge is -2.12. The molecule has 1 N–H and O–H groups in total. The topological polar surface area (TPSA) is 94.6 Å². The molecule has 0 aliphatic carbocycles. The third-order valence-corrected chi connectivity index (χ3v) is 3.72.